The second kappa shape index (κ2) is 5.61. The van der Waals surface area contributed by atoms with Gasteiger partial charge in [-0.05, 0) is 44.0 Å². The van der Waals surface area contributed by atoms with Crippen molar-refractivity contribution in [2.45, 2.75) is 44.2 Å². The van der Waals surface area contributed by atoms with Gasteiger partial charge in [0, 0.05) is 6.42 Å². The van der Waals surface area contributed by atoms with Gasteiger partial charge in [-0.25, -0.2) is 0 Å². The third-order valence-electron chi connectivity index (χ3n) is 3.99. The molecule has 19 heavy (non-hydrogen) atoms. The van der Waals surface area contributed by atoms with Gasteiger partial charge < -0.3 is 15.2 Å². The summed E-state index contributed by atoms with van der Waals surface area (Å²) >= 11 is 0. The van der Waals surface area contributed by atoms with E-state index in [1.165, 1.54) is 5.56 Å². The van der Waals surface area contributed by atoms with Gasteiger partial charge in [-0.15, -0.1) is 0 Å². The highest BCUT2D eigenvalue weighted by atomic mass is 16.5. The van der Waals surface area contributed by atoms with Crippen LogP contribution in [0.4, 0.5) is 0 Å². The third kappa shape index (κ3) is 2.89. The molecular weight excluding hydrogens is 242 g/mol. The highest BCUT2D eigenvalue weighted by Crippen LogP contribution is 2.32. The minimum atomic E-state index is -0.825. The minimum Gasteiger partial charge on any atom is -0.490 e. The van der Waals surface area contributed by atoms with Crippen LogP contribution in [0.2, 0.25) is 0 Å². The predicted molar refractivity (Wildman–Crippen MR) is 73.5 cm³/mol. The maximum Gasteiger partial charge on any atom is 0.324 e. The minimum absolute atomic E-state index is 0.0315. The molecule has 0 aliphatic heterocycles. The first-order chi connectivity index (χ1) is 9.09. The number of carbonyl (C=O) groups is 1. The summed E-state index contributed by atoms with van der Waals surface area (Å²) in [6.45, 7) is 2.11. The molecule has 0 heterocycles. The highest BCUT2D eigenvalue weighted by Gasteiger charge is 2.45. The summed E-state index contributed by atoms with van der Waals surface area (Å²) in [4.78, 5) is 11.3. The Balaban J connectivity index is 1.99. The van der Waals surface area contributed by atoms with Gasteiger partial charge in [-0.1, -0.05) is 19.1 Å². The van der Waals surface area contributed by atoms with Crippen molar-refractivity contribution in [1.29, 1.82) is 0 Å². The zero-order valence-electron chi connectivity index (χ0n) is 11.5. The lowest BCUT2D eigenvalue weighted by Crippen LogP contribution is -2.48. The molecule has 1 fully saturated rings. The molecule has 0 spiro atoms. The Kier molecular flexibility index (Phi) is 4.10. The van der Waals surface area contributed by atoms with Gasteiger partial charge in [0.25, 0.3) is 0 Å². The molecule has 4 nitrogen and oxygen atoms in total. The zero-order valence-corrected chi connectivity index (χ0v) is 11.5. The Morgan fingerprint density at radius 3 is 2.63 bits per heavy atom. The molecule has 1 saturated carbocycles. The lowest BCUT2D eigenvalue weighted by atomic mass is 9.98. The van der Waals surface area contributed by atoms with Gasteiger partial charge in [-0.3, -0.25) is 4.79 Å². The van der Waals surface area contributed by atoms with E-state index in [9.17, 15) is 9.90 Å². The molecule has 1 aromatic carbocycles. The number of carboxylic acids is 1. The Bertz CT molecular complexity index is 443. The van der Waals surface area contributed by atoms with E-state index in [-0.39, 0.29) is 6.10 Å². The number of nitrogens with one attached hydrogen (secondary N) is 1. The number of carboxylic acid groups (broad SMARTS) is 1. The standard InChI is InChI=1S/C15H21NO3/c1-3-11-4-6-12(7-5-11)19-13-8-9-15(10-13,16-2)14(17)18/h4-7,13,16H,3,8-10H2,1-2H3,(H,17,18). The monoisotopic (exact) mass is 263 g/mol. The Morgan fingerprint density at radius 2 is 2.16 bits per heavy atom. The molecular formula is C15H21NO3. The molecule has 1 aromatic rings. The average Bonchev–Trinajstić information content (AvgIpc) is 2.84. The molecule has 4 heteroatoms. The molecule has 104 valence electrons. The van der Waals surface area contributed by atoms with E-state index in [0.717, 1.165) is 18.6 Å². The summed E-state index contributed by atoms with van der Waals surface area (Å²) in [7, 11) is 1.70. The smallest absolute Gasteiger partial charge is 0.324 e. The quantitative estimate of drug-likeness (QED) is 0.855. The molecule has 2 atom stereocenters. The van der Waals surface area contributed by atoms with Crippen LogP contribution in [-0.2, 0) is 11.2 Å². The van der Waals surface area contributed by atoms with Crippen LogP contribution < -0.4 is 10.1 Å². The second-order valence-electron chi connectivity index (χ2n) is 5.12. The van der Waals surface area contributed by atoms with Crippen LogP contribution in [0.3, 0.4) is 0 Å². The first kappa shape index (κ1) is 13.9. The number of rotatable bonds is 5. The van der Waals surface area contributed by atoms with Gasteiger partial charge in [0.15, 0.2) is 0 Å². The molecule has 0 amide bonds. The fourth-order valence-corrected chi connectivity index (χ4v) is 2.63. The van der Waals surface area contributed by atoms with E-state index in [1.807, 2.05) is 24.3 Å². The van der Waals surface area contributed by atoms with Crippen LogP contribution in [0.5, 0.6) is 5.75 Å². The van der Waals surface area contributed by atoms with E-state index in [2.05, 4.69) is 12.2 Å². The van der Waals surface area contributed by atoms with E-state index in [1.54, 1.807) is 7.05 Å². The molecule has 1 aliphatic rings. The molecule has 0 saturated heterocycles. The number of aliphatic carboxylic acids is 1. The van der Waals surface area contributed by atoms with Crippen LogP contribution in [0.1, 0.15) is 31.7 Å². The van der Waals surface area contributed by atoms with Crippen molar-refractivity contribution in [3.8, 4) is 5.75 Å². The van der Waals surface area contributed by atoms with Crippen molar-refractivity contribution in [2.24, 2.45) is 0 Å². The lowest BCUT2D eigenvalue weighted by Gasteiger charge is -2.23. The van der Waals surface area contributed by atoms with Gasteiger partial charge in [0.2, 0.25) is 0 Å². The molecule has 1 aliphatic carbocycles. The van der Waals surface area contributed by atoms with Crippen molar-refractivity contribution < 1.29 is 14.6 Å². The van der Waals surface area contributed by atoms with Crippen molar-refractivity contribution in [3.05, 3.63) is 29.8 Å². The van der Waals surface area contributed by atoms with Crippen LogP contribution >= 0.6 is 0 Å². The Hall–Kier alpha value is -1.55. The van der Waals surface area contributed by atoms with E-state index in [4.69, 9.17) is 4.74 Å². The molecule has 2 N–H and O–H groups in total. The van der Waals surface area contributed by atoms with Gasteiger partial charge in [0.1, 0.15) is 17.4 Å². The van der Waals surface area contributed by atoms with Crippen LogP contribution in [-0.4, -0.2) is 29.8 Å². The summed E-state index contributed by atoms with van der Waals surface area (Å²) in [6, 6.07) is 8.01. The molecule has 2 rings (SSSR count). The van der Waals surface area contributed by atoms with Crippen molar-refractivity contribution in [3.63, 3.8) is 0 Å². The van der Waals surface area contributed by atoms with Gasteiger partial charge in [0.05, 0.1) is 0 Å². The Morgan fingerprint density at radius 1 is 1.47 bits per heavy atom. The Labute approximate surface area is 113 Å². The fraction of sp³-hybridized carbons (Fsp3) is 0.533. The number of aryl methyl sites for hydroxylation is 1. The van der Waals surface area contributed by atoms with Gasteiger partial charge >= 0.3 is 5.97 Å². The number of benzene rings is 1. The van der Waals surface area contributed by atoms with Crippen LogP contribution in [0.25, 0.3) is 0 Å². The molecule has 0 bridgehead atoms. The molecule has 0 aromatic heterocycles. The fourth-order valence-electron chi connectivity index (χ4n) is 2.63. The van der Waals surface area contributed by atoms with E-state index >= 15 is 0 Å². The SMILES string of the molecule is CCc1ccc(OC2CCC(NC)(C(=O)O)C2)cc1. The number of hydrogen-bond donors (Lipinski definition) is 2. The molecule has 2 unspecified atom stereocenters. The lowest BCUT2D eigenvalue weighted by molar-refractivity contribution is -0.144. The van der Waals surface area contributed by atoms with Crippen LogP contribution in [0, 0.1) is 0 Å². The summed E-state index contributed by atoms with van der Waals surface area (Å²) < 4.78 is 5.88. The number of hydrogen-bond acceptors (Lipinski definition) is 3. The summed E-state index contributed by atoms with van der Waals surface area (Å²) in [6.07, 6.45) is 2.86. The highest BCUT2D eigenvalue weighted by molar-refractivity contribution is 5.79. The average molecular weight is 263 g/mol. The van der Waals surface area contributed by atoms with E-state index < -0.39 is 11.5 Å². The first-order valence-corrected chi connectivity index (χ1v) is 6.77. The summed E-state index contributed by atoms with van der Waals surface area (Å²) in [5.41, 5.74) is 0.447. The second-order valence-corrected chi connectivity index (χ2v) is 5.12. The number of likely N-dealkylation sites (N-methyl/N-ethyl adjacent to an activating group) is 1. The maximum atomic E-state index is 11.3. The summed E-state index contributed by atoms with van der Waals surface area (Å²) in [5.74, 6) is 0.0296. The van der Waals surface area contributed by atoms with Crippen molar-refractivity contribution in [1.82, 2.24) is 5.32 Å². The third-order valence-corrected chi connectivity index (χ3v) is 3.99. The zero-order chi connectivity index (χ0) is 13.9. The first-order valence-electron chi connectivity index (χ1n) is 6.77. The van der Waals surface area contributed by atoms with Crippen LogP contribution in [0.15, 0.2) is 24.3 Å². The largest absolute Gasteiger partial charge is 0.490 e. The topological polar surface area (TPSA) is 58.6 Å². The normalized spacial score (nSPS) is 26.3. The van der Waals surface area contributed by atoms with Crippen molar-refractivity contribution >= 4 is 5.97 Å². The molecule has 0 radical (unpaired) electrons. The van der Waals surface area contributed by atoms with Crippen molar-refractivity contribution in [2.75, 3.05) is 7.05 Å². The number of ether oxygens (including phenoxy) is 1. The predicted octanol–water partition coefficient (Wildman–Crippen LogP) is 2.22. The summed E-state index contributed by atoms with van der Waals surface area (Å²) in [5, 5.41) is 12.2. The van der Waals surface area contributed by atoms with E-state index in [0.29, 0.717) is 12.8 Å². The van der Waals surface area contributed by atoms with Gasteiger partial charge in [-0.2, -0.15) is 0 Å². The maximum absolute atomic E-state index is 11.3.